The van der Waals surface area contributed by atoms with Crippen molar-refractivity contribution in [3.63, 3.8) is 0 Å². The molecule has 0 aromatic rings. The van der Waals surface area contributed by atoms with Gasteiger partial charge in [0.1, 0.15) is 13.2 Å². The molecule has 0 spiro atoms. The quantitative estimate of drug-likeness (QED) is 0.0262. The van der Waals surface area contributed by atoms with Gasteiger partial charge in [-0.25, -0.2) is 0 Å². The van der Waals surface area contributed by atoms with Gasteiger partial charge in [0.2, 0.25) is 0 Å². The number of hydrogen-bond acceptors (Lipinski definition) is 6. The van der Waals surface area contributed by atoms with Crippen molar-refractivity contribution in [1.29, 1.82) is 0 Å². The van der Waals surface area contributed by atoms with Crippen LogP contribution in [0.3, 0.4) is 0 Å². The van der Waals surface area contributed by atoms with E-state index in [4.69, 9.17) is 14.2 Å². The van der Waals surface area contributed by atoms with E-state index in [0.717, 1.165) is 70.6 Å². The van der Waals surface area contributed by atoms with Crippen LogP contribution in [0.25, 0.3) is 0 Å². The summed E-state index contributed by atoms with van der Waals surface area (Å²) in [5.74, 6) is -0.856. The first-order valence-electron chi connectivity index (χ1n) is 29.5. The van der Waals surface area contributed by atoms with Gasteiger partial charge in [0.15, 0.2) is 6.10 Å². The number of carbonyl (C=O) groups excluding carboxylic acids is 3. The maximum atomic E-state index is 12.8. The first-order chi connectivity index (χ1) is 33.0. The number of ether oxygens (including phenoxy) is 3. The third-order valence-electron chi connectivity index (χ3n) is 13.1. The minimum atomic E-state index is -0.766. The predicted molar refractivity (Wildman–Crippen MR) is 289 cm³/mol. The fourth-order valence-corrected chi connectivity index (χ4v) is 8.69. The molecule has 0 rings (SSSR count). The van der Waals surface area contributed by atoms with Gasteiger partial charge in [0.25, 0.3) is 0 Å². The summed E-state index contributed by atoms with van der Waals surface area (Å²) in [6, 6.07) is 0. The van der Waals surface area contributed by atoms with Crippen LogP contribution in [0.15, 0.2) is 36.5 Å². The monoisotopic (exact) mass is 941 g/mol. The molecule has 67 heavy (non-hydrogen) atoms. The van der Waals surface area contributed by atoms with E-state index in [1.165, 1.54) is 205 Å². The van der Waals surface area contributed by atoms with E-state index in [0.29, 0.717) is 19.3 Å². The van der Waals surface area contributed by atoms with Crippen LogP contribution < -0.4 is 0 Å². The highest BCUT2D eigenvalue weighted by molar-refractivity contribution is 5.71. The standard InChI is InChI=1S/C61H112O6/c1-4-7-10-13-16-19-21-23-24-25-26-27-28-29-30-31-32-33-34-35-36-38-39-42-45-48-51-54-60(63)66-57-58(56-65-59(62)53-50-47-44-41-18-15-12-9-6-3)67-61(64)55-52-49-46-43-40-37-22-20-17-14-11-8-5-2/h21,23,25-26,28-29,58H,4-20,22,24,27,30-57H2,1-3H3/b23-21-,26-25-,29-28-. The van der Waals surface area contributed by atoms with Gasteiger partial charge < -0.3 is 14.2 Å². The molecule has 1 atom stereocenters. The van der Waals surface area contributed by atoms with E-state index in [2.05, 4.69) is 57.2 Å². The molecule has 0 heterocycles. The molecule has 0 aliphatic carbocycles. The molecule has 0 saturated carbocycles. The summed E-state index contributed by atoms with van der Waals surface area (Å²) in [7, 11) is 0. The highest BCUT2D eigenvalue weighted by atomic mass is 16.6. The summed E-state index contributed by atoms with van der Waals surface area (Å²) >= 11 is 0. The van der Waals surface area contributed by atoms with Crippen molar-refractivity contribution in [2.45, 2.75) is 322 Å². The maximum absolute atomic E-state index is 12.8. The molecule has 0 fully saturated rings. The molecule has 0 amide bonds. The summed E-state index contributed by atoms with van der Waals surface area (Å²) in [6.45, 7) is 6.64. The first-order valence-corrected chi connectivity index (χ1v) is 29.5. The Morgan fingerprint density at radius 1 is 0.299 bits per heavy atom. The normalized spacial score (nSPS) is 12.2. The van der Waals surface area contributed by atoms with Crippen molar-refractivity contribution in [3.05, 3.63) is 36.5 Å². The third-order valence-corrected chi connectivity index (χ3v) is 13.1. The van der Waals surface area contributed by atoms with Crippen molar-refractivity contribution in [1.82, 2.24) is 0 Å². The van der Waals surface area contributed by atoms with Gasteiger partial charge in [-0.1, -0.05) is 276 Å². The Hall–Kier alpha value is -2.37. The highest BCUT2D eigenvalue weighted by Crippen LogP contribution is 2.17. The Morgan fingerprint density at radius 3 is 0.836 bits per heavy atom. The zero-order chi connectivity index (χ0) is 48.6. The highest BCUT2D eigenvalue weighted by Gasteiger charge is 2.19. The van der Waals surface area contributed by atoms with Gasteiger partial charge in [-0.3, -0.25) is 14.4 Å². The minimum Gasteiger partial charge on any atom is -0.462 e. The van der Waals surface area contributed by atoms with Crippen LogP contribution in [-0.4, -0.2) is 37.2 Å². The largest absolute Gasteiger partial charge is 0.462 e. The molecular weight excluding hydrogens is 829 g/mol. The second kappa shape index (κ2) is 56.2. The number of rotatable bonds is 54. The van der Waals surface area contributed by atoms with Crippen LogP contribution in [0, 0.1) is 0 Å². The molecule has 1 unspecified atom stereocenters. The second-order valence-electron chi connectivity index (χ2n) is 19.9. The summed E-state index contributed by atoms with van der Waals surface area (Å²) < 4.78 is 16.8. The van der Waals surface area contributed by atoms with E-state index in [-0.39, 0.29) is 31.1 Å². The lowest BCUT2D eigenvalue weighted by Gasteiger charge is -2.18. The summed E-state index contributed by atoms with van der Waals surface area (Å²) in [6.07, 6.45) is 67.2. The summed E-state index contributed by atoms with van der Waals surface area (Å²) in [4.78, 5) is 38.0. The zero-order valence-electron chi connectivity index (χ0n) is 44.9. The molecule has 0 aliphatic rings. The number of esters is 3. The third kappa shape index (κ3) is 54.4. The lowest BCUT2D eigenvalue weighted by Crippen LogP contribution is -2.30. The van der Waals surface area contributed by atoms with E-state index in [1.807, 2.05) is 0 Å². The van der Waals surface area contributed by atoms with Crippen LogP contribution in [0.4, 0.5) is 0 Å². The average molecular weight is 942 g/mol. The van der Waals surface area contributed by atoms with Gasteiger partial charge >= 0.3 is 17.9 Å². The van der Waals surface area contributed by atoms with Crippen LogP contribution in [-0.2, 0) is 28.6 Å². The van der Waals surface area contributed by atoms with Crippen molar-refractivity contribution in [2.75, 3.05) is 13.2 Å². The number of unbranched alkanes of at least 4 members (excludes halogenated alkanes) is 37. The number of carbonyl (C=O) groups is 3. The molecule has 0 saturated heterocycles. The molecule has 0 aromatic carbocycles. The van der Waals surface area contributed by atoms with Gasteiger partial charge in [-0.05, 0) is 57.8 Å². The Morgan fingerprint density at radius 2 is 0.537 bits per heavy atom. The fraction of sp³-hybridized carbons (Fsp3) is 0.852. The second-order valence-corrected chi connectivity index (χ2v) is 19.9. The summed E-state index contributed by atoms with van der Waals surface area (Å²) in [5, 5.41) is 0. The lowest BCUT2D eigenvalue weighted by atomic mass is 10.0. The fourth-order valence-electron chi connectivity index (χ4n) is 8.69. The molecule has 392 valence electrons. The Bertz CT molecular complexity index is 1130. The van der Waals surface area contributed by atoms with Gasteiger partial charge in [0, 0.05) is 19.3 Å². The van der Waals surface area contributed by atoms with Crippen LogP contribution in [0.2, 0.25) is 0 Å². The minimum absolute atomic E-state index is 0.0677. The molecule has 0 aliphatic heterocycles. The Kier molecular flexibility index (Phi) is 54.2. The Balaban J connectivity index is 4.13. The molecule has 0 N–H and O–H groups in total. The predicted octanol–water partition coefficient (Wildman–Crippen LogP) is 19.7. The molecule has 0 bridgehead atoms. The van der Waals surface area contributed by atoms with Crippen molar-refractivity contribution < 1.29 is 28.6 Å². The lowest BCUT2D eigenvalue weighted by molar-refractivity contribution is -0.167. The van der Waals surface area contributed by atoms with Crippen molar-refractivity contribution >= 4 is 17.9 Å². The van der Waals surface area contributed by atoms with E-state index in [1.54, 1.807) is 0 Å². The number of allylic oxidation sites excluding steroid dienone is 6. The molecule has 6 heteroatoms. The van der Waals surface area contributed by atoms with Crippen molar-refractivity contribution in [2.24, 2.45) is 0 Å². The van der Waals surface area contributed by atoms with Gasteiger partial charge in [-0.15, -0.1) is 0 Å². The van der Waals surface area contributed by atoms with Crippen LogP contribution >= 0.6 is 0 Å². The molecular formula is C61H112O6. The van der Waals surface area contributed by atoms with Crippen molar-refractivity contribution in [3.8, 4) is 0 Å². The zero-order valence-corrected chi connectivity index (χ0v) is 44.9. The van der Waals surface area contributed by atoms with Gasteiger partial charge in [-0.2, -0.15) is 0 Å². The first kappa shape index (κ1) is 64.6. The summed E-state index contributed by atoms with van der Waals surface area (Å²) in [5.41, 5.74) is 0. The Labute approximate surface area is 416 Å². The van der Waals surface area contributed by atoms with E-state index >= 15 is 0 Å². The smallest absolute Gasteiger partial charge is 0.306 e. The van der Waals surface area contributed by atoms with Crippen LogP contribution in [0.5, 0.6) is 0 Å². The van der Waals surface area contributed by atoms with E-state index < -0.39 is 6.10 Å². The van der Waals surface area contributed by atoms with E-state index in [9.17, 15) is 14.4 Å². The van der Waals surface area contributed by atoms with Crippen LogP contribution in [0.1, 0.15) is 316 Å². The number of hydrogen-bond donors (Lipinski definition) is 0. The van der Waals surface area contributed by atoms with Gasteiger partial charge in [0.05, 0.1) is 0 Å². The average Bonchev–Trinajstić information content (AvgIpc) is 3.33. The SMILES string of the molecule is CCCCCCC/C=C\C/C=C\C/C=C\CCCCCCCCCCCCCCC(=O)OCC(COC(=O)CCCCCCCCCCC)OC(=O)CCCCCCCCCCCCCCC. The molecule has 0 aromatic heterocycles. The molecule has 6 nitrogen and oxygen atoms in total. The molecule has 0 radical (unpaired) electrons. The topological polar surface area (TPSA) is 78.9 Å². The maximum Gasteiger partial charge on any atom is 0.306 e.